The van der Waals surface area contributed by atoms with Gasteiger partial charge in [0.1, 0.15) is 5.75 Å². The lowest BCUT2D eigenvalue weighted by molar-refractivity contribution is 0.245. The first-order chi connectivity index (χ1) is 5.77. The molecule has 3 nitrogen and oxygen atoms in total. The second-order valence-corrected chi connectivity index (χ2v) is 3.04. The highest BCUT2D eigenvalue weighted by molar-refractivity contribution is 5.56. The molecule has 1 aliphatic rings. The smallest absolute Gasteiger partial charge is 0.117 e. The highest BCUT2D eigenvalue weighted by Crippen LogP contribution is 2.28. The van der Waals surface area contributed by atoms with E-state index in [-0.39, 0.29) is 5.75 Å². The molecule has 0 saturated heterocycles. The molecule has 0 unspecified atom stereocenters. The number of nitrogens with zero attached hydrogens (tertiary/aromatic N) is 1. The Balaban J connectivity index is 2.47. The molecule has 12 heavy (non-hydrogen) atoms. The van der Waals surface area contributed by atoms with Gasteiger partial charge >= 0.3 is 0 Å². The molecule has 1 heterocycles. The van der Waals surface area contributed by atoms with Gasteiger partial charge in [-0.3, -0.25) is 10.3 Å². The fraction of sp³-hybridized carbons (Fsp3) is 0.333. The van der Waals surface area contributed by atoms with Gasteiger partial charge in [0, 0.05) is 12.6 Å². The van der Waals surface area contributed by atoms with Crippen molar-refractivity contribution >= 4 is 5.69 Å². The maximum atomic E-state index is 9.41. The number of fused-ring (bicyclic) bond motifs is 1. The highest BCUT2D eigenvalue weighted by atomic mass is 16.5. The molecule has 1 aliphatic heterocycles. The van der Waals surface area contributed by atoms with Crippen molar-refractivity contribution in [2.75, 3.05) is 11.6 Å². The molecule has 64 valence electrons. The van der Waals surface area contributed by atoms with Crippen LogP contribution < -0.4 is 5.06 Å². The second kappa shape index (κ2) is 2.68. The maximum Gasteiger partial charge on any atom is 0.117 e. The van der Waals surface area contributed by atoms with Gasteiger partial charge in [-0.05, 0) is 24.5 Å². The number of benzene rings is 1. The minimum atomic E-state index is 0.203. The Morgan fingerprint density at radius 2 is 2.17 bits per heavy atom. The highest BCUT2D eigenvalue weighted by Gasteiger charge is 2.14. The number of aromatic hydroxyl groups is 1. The molecule has 0 aromatic heterocycles. The standard InChI is InChI=1S/C9H11NO2/c11-8-4-3-7-2-1-5-10(12)9(7)6-8/h3-4,6,11-12H,1-2,5H2. The number of aryl methyl sites for hydroxylation is 1. The molecule has 0 atom stereocenters. The van der Waals surface area contributed by atoms with E-state index in [2.05, 4.69) is 0 Å². The van der Waals surface area contributed by atoms with E-state index in [1.807, 2.05) is 6.07 Å². The van der Waals surface area contributed by atoms with Crippen LogP contribution in [-0.2, 0) is 6.42 Å². The van der Waals surface area contributed by atoms with Crippen molar-refractivity contribution in [2.24, 2.45) is 0 Å². The lowest BCUT2D eigenvalue weighted by atomic mass is 10.0. The Hall–Kier alpha value is -1.22. The summed E-state index contributed by atoms with van der Waals surface area (Å²) in [4.78, 5) is 0. The lowest BCUT2D eigenvalue weighted by Gasteiger charge is -2.25. The van der Waals surface area contributed by atoms with E-state index >= 15 is 0 Å². The summed E-state index contributed by atoms with van der Waals surface area (Å²) < 4.78 is 0. The molecular formula is C9H11NO2. The first kappa shape index (κ1) is 7.43. The number of anilines is 1. The molecule has 3 heteroatoms. The van der Waals surface area contributed by atoms with Crippen molar-refractivity contribution in [3.63, 3.8) is 0 Å². The predicted octanol–water partition coefficient (Wildman–Crippen LogP) is 1.53. The summed E-state index contributed by atoms with van der Waals surface area (Å²) in [6.45, 7) is 0.649. The number of hydrogen-bond donors (Lipinski definition) is 2. The molecule has 1 aromatic carbocycles. The third-order valence-corrected chi connectivity index (χ3v) is 2.16. The van der Waals surface area contributed by atoms with Gasteiger partial charge in [-0.2, -0.15) is 0 Å². The van der Waals surface area contributed by atoms with E-state index in [1.54, 1.807) is 12.1 Å². The van der Waals surface area contributed by atoms with Gasteiger partial charge in [0.2, 0.25) is 0 Å². The molecule has 2 rings (SSSR count). The van der Waals surface area contributed by atoms with E-state index in [0.29, 0.717) is 6.54 Å². The summed E-state index contributed by atoms with van der Waals surface area (Å²) in [6.07, 6.45) is 1.95. The van der Waals surface area contributed by atoms with Crippen LogP contribution in [0.2, 0.25) is 0 Å². The van der Waals surface area contributed by atoms with Crippen LogP contribution in [0.4, 0.5) is 5.69 Å². The normalized spacial score (nSPS) is 15.9. The van der Waals surface area contributed by atoms with Crippen LogP contribution in [-0.4, -0.2) is 16.9 Å². The van der Waals surface area contributed by atoms with Crippen LogP contribution in [0.1, 0.15) is 12.0 Å². The molecule has 0 saturated carbocycles. The Kier molecular flexibility index (Phi) is 1.66. The SMILES string of the molecule is Oc1ccc2c(c1)N(O)CCC2. The second-order valence-electron chi connectivity index (χ2n) is 3.04. The molecule has 0 spiro atoms. The van der Waals surface area contributed by atoms with E-state index < -0.39 is 0 Å². The van der Waals surface area contributed by atoms with Crippen LogP contribution >= 0.6 is 0 Å². The number of hydroxylamine groups is 1. The Labute approximate surface area is 70.8 Å². The van der Waals surface area contributed by atoms with Crippen LogP contribution in [0.25, 0.3) is 0 Å². The average molecular weight is 165 g/mol. The summed E-state index contributed by atoms with van der Waals surface area (Å²) in [5.41, 5.74) is 1.84. The van der Waals surface area contributed by atoms with E-state index in [9.17, 15) is 5.21 Å². The minimum absolute atomic E-state index is 0.203. The van der Waals surface area contributed by atoms with Crippen LogP contribution in [0.3, 0.4) is 0 Å². The largest absolute Gasteiger partial charge is 0.508 e. The topological polar surface area (TPSA) is 43.7 Å². The molecule has 0 fully saturated rings. The number of rotatable bonds is 0. The van der Waals surface area contributed by atoms with Crippen molar-refractivity contribution in [1.82, 2.24) is 0 Å². The maximum absolute atomic E-state index is 9.41. The molecule has 0 radical (unpaired) electrons. The molecule has 2 N–H and O–H groups in total. The fourth-order valence-electron chi connectivity index (χ4n) is 1.54. The zero-order valence-corrected chi connectivity index (χ0v) is 6.70. The summed E-state index contributed by atoms with van der Waals surface area (Å²) in [7, 11) is 0. The zero-order chi connectivity index (χ0) is 8.55. The summed E-state index contributed by atoms with van der Waals surface area (Å²) in [6, 6.07) is 5.10. The molecule has 1 aromatic rings. The minimum Gasteiger partial charge on any atom is -0.508 e. The van der Waals surface area contributed by atoms with E-state index in [4.69, 9.17) is 5.11 Å². The van der Waals surface area contributed by atoms with Crippen molar-refractivity contribution in [3.8, 4) is 5.75 Å². The van der Waals surface area contributed by atoms with Gasteiger partial charge < -0.3 is 5.11 Å². The summed E-state index contributed by atoms with van der Waals surface area (Å²) >= 11 is 0. The molecule has 0 aliphatic carbocycles. The van der Waals surface area contributed by atoms with Gasteiger partial charge in [0.05, 0.1) is 5.69 Å². The van der Waals surface area contributed by atoms with Crippen molar-refractivity contribution in [1.29, 1.82) is 0 Å². The molecule has 0 bridgehead atoms. The summed E-state index contributed by atoms with van der Waals surface area (Å²) in [5, 5.41) is 19.8. The van der Waals surface area contributed by atoms with Gasteiger partial charge in [-0.15, -0.1) is 0 Å². The quantitative estimate of drug-likeness (QED) is 0.612. The number of phenolic OH excluding ortho intramolecular Hbond substituents is 1. The Morgan fingerprint density at radius 3 is 3.00 bits per heavy atom. The first-order valence-corrected chi connectivity index (χ1v) is 4.06. The fourth-order valence-corrected chi connectivity index (χ4v) is 1.54. The van der Waals surface area contributed by atoms with Crippen molar-refractivity contribution < 1.29 is 10.3 Å². The van der Waals surface area contributed by atoms with Crippen LogP contribution in [0, 0.1) is 0 Å². The number of phenols is 1. The van der Waals surface area contributed by atoms with Crippen LogP contribution in [0.15, 0.2) is 18.2 Å². The Bertz CT molecular complexity index is 299. The average Bonchev–Trinajstić information content (AvgIpc) is 2.07. The van der Waals surface area contributed by atoms with E-state index in [0.717, 1.165) is 24.1 Å². The van der Waals surface area contributed by atoms with Gasteiger partial charge in [-0.1, -0.05) is 6.07 Å². The van der Waals surface area contributed by atoms with Crippen molar-refractivity contribution in [3.05, 3.63) is 23.8 Å². The molecule has 0 amide bonds. The summed E-state index contributed by atoms with van der Waals surface area (Å²) in [5.74, 6) is 0.203. The number of hydrogen-bond acceptors (Lipinski definition) is 3. The monoisotopic (exact) mass is 165 g/mol. The zero-order valence-electron chi connectivity index (χ0n) is 6.70. The van der Waals surface area contributed by atoms with Crippen LogP contribution in [0.5, 0.6) is 5.75 Å². The lowest BCUT2D eigenvalue weighted by Crippen LogP contribution is -2.25. The third kappa shape index (κ3) is 1.12. The molecular weight excluding hydrogens is 154 g/mol. The third-order valence-electron chi connectivity index (χ3n) is 2.16. The van der Waals surface area contributed by atoms with Gasteiger partial charge in [0.25, 0.3) is 0 Å². The van der Waals surface area contributed by atoms with Gasteiger partial charge in [-0.25, -0.2) is 0 Å². The first-order valence-electron chi connectivity index (χ1n) is 4.06. The van der Waals surface area contributed by atoms with E-state index in [1.165, 1.54) is 5.06 Å². The Morgan fingerprint density at radius 1 is 1.33 bits per heavy atom. The van der Waals surface area contributed by atoms with Gasteiger partial charge in [0.15, 0.2) is 0 Å². The van der Waals surface area contributed by atoms with Crippen molar-refractivity contribution in [2.45, 2.75) is 12.8 Å². The predicted molar refractivity (Wildman–Crippen MR) is 45.6 cm³/mol.